The first-order valence-corrected chi connectivity index (χ1v) is 6.30. The van der Waals surface area contributed by atoms with Gasteiger partial charge in [-0.1, -0.05) is 12.1 Å². The van der Waals surface area contributed by atoms with Crippen molar-refractivity contribution in [2.24, 2.45) is 7.05 Å². The number of ether oxygens (including phenoxy) is 1. The molecule has 20 heavy (non-hydrogen) atoms. The van der Waals surface area contributed by atoms with Crippen LogP contribution in [-0.4, -0.2) is 29.3 Å². The highest BCUT2D eigenvalue weighted by molar-refractivity contribution is 5.97. The van der Waals surface area contributed by atoms with Gasteiger partial charge in [-0.25, -0.2) is 0 Å². The van der Waals surface area contributed by atoms with Crippen LogP contribution in [0.15, 0.2) is 30.5 Å². The SMILES string of the molecule is COc1ccc(CCNC(=O)c2c(N)cnn2C)cc1. The van der Waals surface area contributed by atoms with Crippen molar-refractivity contribution in [3.05, 3.63) is 41.7 Å². The van der Waals surface area contributed by atoms with Crippen molar-refractivity contribution in [3.63, 3.8) is 0 Å². The number of nitrogens with two attached hydrogens (primary N) is 1. The molecule has 0 saturated heterocycles. The van der Waals surface area contributed by atoms with Crippen LogP contribution < -0.4 is 15.8 Å². The van der Waals surface area contributed by atoms with E-state index in [9.17, 15) is 4.79 Å². The maximum atomic E-state index is 12.0. The van der Waals surface area contributed by atoms with Gasteiger partial charge in [0.25, 0.3) is 5.91 Å². The Labute approximate surface area is 117 Å². The van der Waals surface area contributed by atoms with Gasteiger partial charge in [0.2, 0.25) is 0 Å². The maximum Gasteiger partial charge on any atom is 0.271 e. The summed E-state index contributed by atoms with van der Waals surface area (Å²) in [5.74, 6) is 0.608. The highest BCUT2D eigenvalue weighted by Crippen LogP contribution is 2.12. The van der Waals surface area contributed by atoms with Crippen molar-refractivity contribution in [2.45, 2.75) is 6.42 Å². The fourth-order valence-electron chi connectivity index (χ4n) is 1.93. The predicted octanol–water partition coefficient (Wildman–Crippen LogP) is 0.983. The number of hydrogen-bond acceptors (Lipinski definition) is 4. The third-order valence-electron chi connectivity index (χ3n) is 3.04. The molecule has 106 valence electrons. The van der Waals surface area contributed by atoms with E-state index in [-0.39, 0.29) is 5.91 Å². The van der Waals surface area contributed by atoms with E-state index >= 15 is 0 Å². The number of benzene rings is 1. The van der Waals surface area contributed by atoms with E-state index in [0.717, 1.165) is 17.7 Å². The number of aryl methyl sites for hydroxylation is 1. The number of hydrogen-bond donors (Lipinski definition) is 2. The van der Waals surface area contributed by atoms with Crippen molar-refractivity contribution >= 4 is 11.6 Å². The molecule has 2 rings (SSSR count). The molecule has 1 aromatic carbocycles. The largest absolute Gasteiger partial charge is 0.497 e. The lowest BCUT2D eigenvalue weighted by Crippen LogP contribution is -2.28. The smallest absolute Gasteiger partial charge is 0.271 e. The zero-order valence-electron chi connectivity index (χ0n) is 11.6. The monoisotopic (exact) mass is 274 g/mol. The van der Waals surface area contributed by atoms with Crippen LogP contribution in [0, 0.1) is 0 Å². The molecule has 0 saturated carbocycles. The molecule has 0 atom stereocenters. The molecule has 0 aliphatic rings. The molecule has 1 aromatic heterocycles. The van der Waals surface area contributed by atoms with E-state index in [2.05, 4.69) is 10.4 Å². The summed E-state index contributed by atoms with van der Waals surface area (Å²) in [5, 5.41) is 6.77. The van der Waals surface area contributed by atoms with Gasteiger partial charge in [0.05, 0.1) is 19.0 Å². The van der Waals surface area contributed by atoms with Crippen LogP contribution in [0.4, 0.5) is 5.69 Å². The highest BCUT2D eigenvalue weighted by Gasteiger charge is 2.13. The second-order valence-corrected chi connectivity index (χ2v) is 4.43. The first kappa shape index (κ1) is 13.9. The van der Waals surface area contributed by atoms with Crippen molar-refractivity contribution in [1.82, 2.24) is 15.1 Å². The Hall–Kier alpha value is -2.50. The van der Waals surface area contributed by atoms with Crippen LogP contribution in [-0.2, 0) is 13.5 Å². The van der Waals surface area contributed by atoms with Gasteiger partial charge in [0, 0.05) is 13.6 Å². The number of nitrogens with one attached hydrogen (secondary N) is 1. The average molecular weight is 274 g/mol. The predicted molar refractivity (Wildman–Crippen MR) is 76.7 cm³/mol. The van der Waals surface area contributed by atoms with Gasteiger partial charge in [0.1, 0.15) is 11.4 Å². The number of carbonyl (C=O) groups is 1. The summed E-state index contributed by atoms with van der Waals surface area (Å²) in [6.07, 6.45) is 2.21. The Morgan fingerprint density at radius 1 is 1.40 bits per heavy atom. The van der Waals surface area contributed by atoms with Gasteiger partial charge >= 0.3 is 0 Å². The number of nitrogen functional groups attached to an aromatic ring is 1. The number of rotatable bonds is 5. The Balaban J connectivity index is 1.88. The van der Waals surface area contributed by atoms with Gasteiger partial charge in [-0.15, -0.1) is 0 Å². The lowest BCUT2D eigenvalue weighted by Gasteiger charge is -2.07. The van der Waals surface area contributed by atoms with Crippen LogP contribution in [0.5, 0.6) is 5.75 Å². The zero-order chi connectivity index (χ0) is 14.5. The Morgan fingerprint density at radius 2 is 2.10 bits per heavy atom. The van der Waals surface area contributed by atoms with Crippen LogP contribution in [0.2, 0.25) is 0 Å². The normalized spacial score (nSPS) is 10.3. The Kier molecular flexibility index (Phi) is 4.24. The van der Waals surface area contributed by atoms with Crippen molar-refractivity contribution < 1.29 is 9.53 Å². The van der Waals surface area contributed by atoms with E-state index in [1.807, 2.05) is 24.3 Å². The second-order valence-electron chi connectivity index (χ2n) is 4.43. The summed E-state index contributed by atoms with van der Waals surface area (Å²) in [6.45, 7) is 0.537. The van der Waals surface area contributed by atoms with Crippen molar-refractivity contribution in [2.75, 3.05) is 19.4 Å². The van der Waals surface area contributed by atoms with Crippen LogP contribution in [0.3, 0.4) is 0 Å². The van der Waals surface area contributed by atoms with E-state index in [0.29, 0.717) is 17.9 Å². The van der Waals surface area contributed by atoms with E-state index < -0.39 is 0 Å². The van der Waals surface area contributed by atoms with Gasteiger partial charge in [0.15, 0.2) is 0 Å². The third kappa shape index (κ3) is 3.09. The third-order valence-corrected chi connectivity index (χ3v) is 3.04. The standard InChI is InChI=1S/C14H18N4O2/c1-18-13(12(15)9-17-18)14(19)16-8-7-10-3-5-11(20-2)6-4-10/h3-6,9H,7-8,15H2,1-2H3,(H,16,19). The number of amides is 1. The fraction of sp³-hybridized carbons (Fsp3) is 0.286. The molecule has 1 amide bonds. The second kappa shape index (κ2) is 6.10. The van der Waals surface area contributed by atoms with E-state index in [1.165, 1.54) is 10.9 Å². The molecule has 0 aliphatic heterocycles. The number of aromatic nitrogens is 2. The zero-order valence-corrected chi connectivity index (χ0v) is 11.6. The van der Waals surface area contributed by atoms with Crippen LogP contribution in [0.1, 0.15) is 16.1 Å². The number of carbonyl (C=O) groups excluding carboxylic acids is 1. The summed E-state index contributed by atoms with van der Waals surface area (Å²) in [4.78, 5) is 12.0. The lowest BCUT2D eigenvalue weighted by atomic mass is 10.1. The van der Waals surface area contributed by atoms with Crippen molar-refractivity contribution in [3.8, 4) is 5.75 Å². The molecular weight excluding hydrogens is 256 g/mol. The van der Waals surface area contributed by atoms with Gasteiger partial charge < -0.3 is 15.8 Å². The summed E-state index contributed by atoms with van der Waals surface area (Å²) in [5.41, 5.74) is 7.60. The molecule has 3 N–H and O–H groups in total. The summed E-state index contributed by atoms with van der Waals surface area (Å²) >= 11 is 0. The van der Waals surface area contributed by atoms with E-state index in [1.54, 1.807) is 14.2 Å². The maximum absolute atomic E-state index is 12.0. The topological polar surface area (TPSA) is 82.2 Å². The average Bonchev–Trinajstić information content (AvgIpc) is 2.79. The summed E-state index contributed by atoms with van der Waals surface area (Å²) in [7, 11) is 3.32. The molecule has 6 heteroatoms. The number of anilines is 1. The number of methoxy groups -OCH3 is 1. The van der Waals surface area contributed by atoms with E-state index in [4.69, 9.17) is 10.5 Å². The summed E-state index contributed by atoms with van der Waals surface area (Å²) < 4.78 is 6.56. The Bertz CT molecular complexity index is 570. The molecule has 6 nitrogen and oxygen atoms in total. The molecule has 0 unspecified atom stereocenters. The van der Waals surface area contributed by atoms with Crippen LogP contribution >= 0.6 is 0 Å². The minimum Gasteiger partial charge on any atom is -0.497 e. The molecule has 0 aliphatic carbocycles. The first-order chi connectivity index (χ1) is 9.61. The molecule has 1 heterocycles. The van der Waals surface area contributed by atoms with Gasteiger partial charge in [-0.05, 0) is 24.1 Å². The minimum atomic E-state index is -0.212. The Morgan fingerprint density at radius 3 is 2.65 bits per heavy atom. The fourth-order valence-corrected chi connectivity index (χ4v) is 1.93. The van der Waals surface area contributed by atoms with Gasteiger partial charge in [-0.3, -0.25) is 9.48 Å². The highest BCUT2D eigenvalue weighted by atomic mass is 16.5. The lowest BCUT2D eigenvalue weighted by molar-refractivity contribution is 0.0945. The van der Waals surface area contributed by atoms with Crippen molar-refractivity contribution in [1.29, 1.82) is 0 Å². The van der Waals surface area contributed by atoms with Gasteiger partial charge in [-0.2, -0.15) is 5.10 Å². The molecule has 0 fully saturated rings. The number of nitrogens with zero attached hydrogens (tertiary/aromatic N) is 2. The molecular formula is C14H18N4O2. The first-order valence-electron chi connectivity index (χ1n) is 6.30. The minimum absolute atomic E-state index is 0.212. The summed E-state index contributed by atoms with van der Waals surface area (Å²) in [6, 6.07) is 7.75. The molecule has 2 aromatic rings. The van der Waals surface area contributed by atoms with Crippen LogP contribution in [0.25, 0.3) is 0 Å². The molecule has 0 bridgehead atoms. The quantitative estimate of drug-likeness (QED) is 0.851. The molecule has 0 radical (unpaired) electrons. The molecule has 0 spiro atoms.